The molecule has 0 aliphatic carbocycles. The molecular weight excluding hydrogens is 650 g/mol. The normalized spacial score (nSPS) is 10.6. The number of carboxylic acid groups (broad SMARTS) is 2. The Morgan fingerprint density at radius 3 is 0.927 bits per heavy atom. The van der Waals surface area contributed by atoms with Crippen molar-refractivity contribution < 1.29 is 38.9 Å². The first-order valence-corrected chi connectivity index (χ1v) is 15.4. The van der Waals surface area contributed by atoms with E-state index in [4.69, 9.17) is 9.47 Å². The van der Waals surface area contributed by atoms with Gasteiger partial charge in [0.05, 0.1) is 25.2 Å². The topological polar surface area (TPSA) is 133 Å². The van der Waals surface area contributed by atoms with E-state index in [0.29, 0.717) is 25.4 Å². The molecule has 0 aliphatic heterocycles. The van der Waals surface area contributed by atoms with E-state index in [9.17, 15) is 29.4 Å². The van der Waals surface area contributed by atoms with Crippen LogP contribution in [0.4, 0.5) is 0 Å². The molecule has 41 heavy (non-hydrogen) atoms. The molecule has 0 atom stereocenters. The zero-order valence-electron chi connectivity index (χ0n) is 25.8. The van der Waals surface area contributed by atoms with E-state index < -0.39 is 23.9 Å². The van der Waals surface area contributed by atoms with Gasteiger partial charge in [-0.15, -0.1) is 0 Å². The number of rotatable bonds is 26. The largest absolute Gasteiger partial charge is 2.00 e. The minimum absolute atomic E-state index is 0. The molecular formula is C32H54BaO8. The zero-order chi connectivity index (χ0) is 30.1. The standard InChI is InChI=1S/2C16H28O4.Ba/c2*1-2-3-4-5-6-7-8-9-10-11-14-20-16(19)13-12-15(17)18;/h2*12-13H,2-11,14H2,1H3,(H,17,18);/q;;+2/p-2/b2*13-12-;. The fourth-order valence-electron chi connectivity index (χ4n) is 3.89. The number of ether oxygens (including phenoxy) is 2. The number of hydrogen-bond acceptors (Lipinski definition) is 8. The second-order valence-electron chi connectivity index (χ2n) is 10.0. The smallest absolute Gasteiger partial charge is 0.545 e. The van der Waals surface area contributed by atoms with Crippen LogP contribution in [-0.2, 0) is 28.7 Å². The molecule has 0 heterocycles. The minimum Gasteiger partial charge on any atom is -0.545 e. The van der Waals surface area contributed by atoms with Gasteiger partial charge in [-0.3, -0.25) is 0 Å². The van der Waals surface area contributed by atoms with Gasteiger partial charge in [0, 0.05) is 12.2 Å². The monoisotopic (exact) mass is 704 g/mol. The van der Waals surface area contributed by atoms with Crippen LogP contribution in [-0.4, -0.2) is 86.0 Å². The third kappa shape index (κ3) is 43.5. The van der Waals surface area contributed by atoms with Crippen molar-refractivity contribution in [1.82, 2.24) is 0 Å². The van der Waals surface area contributed by atoms with Gasteiger partial charge in [-0.05, 0) is 25.0 Å². The van der Waals surface area contributed by atoms with Crippen LogP contribution >= 0.6 is 0 Å². The summed E-state index contributed by atoms with van der Waals surface area (Å²) in [6, 6.07) is 0. The van der Waals surface area contributed by atoms with Crippen molar-refractivity contribution in [3.63, 3.8) is 0 Å². The average molecular weight is 704 g/mol. The summed E-state index contributed by atoms with van der Waals surface area (Å²) in [6.07, 6.45) is 27.6. The van der Waals surface area contributed by atoms with Crippen molar-refractivity contribution in [2.75, 3.05) is 13.2 Å². The molecule has 8 nitrogen and oxygen atoms in total. The Bertz CT molecular complexity index is 633. The van der Waals surface area contributed by atoms with Crippen LogP contribution in [0.15, 0.2) is 24.3 Å². The fourth-order valence-corrected chi connectivity index (χ4v) is 3.89. The molecule has 0 spiro atoms. The number of unbranched alkanes of at least 4 members (excludes halogenated alkanes) is 18. The van der Waals surface area contributed by atoms with Crippen molar-refractivity contribution in [3.05, 3.63) is 24.3 Å². The Morgan fingerprint density at radius 2 is 0.683 bits per heavy atom. The molecule has 0 aromatic heterocycles. The predicted octanol–water partition coefficient (Wildman–Crippen LogP) is 5.13. The van der Waals surface area contributed by atoms with Gasteiger partial charge in [-0.25, -0.2) is 9.59 Å². The zero-order valence-corrected chi connectivity index (χ0v) is 30.3. The molecule has 0 aromatic carbocycles. The van der Waals surface area contributed by atoms with E-state index in [0.717, 1.165) is 37.8 Å². The van der Waals surface area contributed by atoms with Crippen LogP contribution in [0.3, 0.4) is 0 Å². The Balaban J connectivity index is -0.000000688. The Hall–Kier alpha value is -1.07. The molecule has 232 valence electrons. The molecule has 0 saturated heterocycles. The van der Waals surface area contributed by atoms with Gasteiger partial charge in [0.25, 0.3) is 0 Å². The molecule has 0 amide bonds. The number of aliphatic carboxylic acids is 2. The number of esters is 2. The Labute approximate surface area is 289 Å². The summed E-state index contributed by atoms with van der Waals surface area (Å²) in [5.41, 5.74) is 0. The van der Waals surface area contributed by atoms with E-state index >= 15 is 0 Å². The Morgan fingerprint density at radius 1 is 0.439 bits per heavy atom. The summed E-state index contributed by atoms with van der Waals surface area (Å²) >= 11 is 0. The quantitative estimate of drug-likeness (QED) is 0.0524. The van der Waals surface area contributed by atoms with E-state index in [1.54, 1.807) is 0 Å². The van der Waals surface area contributed by atoms with Crippen molar-refractivity contribution in [2.45, 2.75) is 142 Å². The first-order chi connectivity index (χ1) is 19.3. The maximum Gasteiger partial charge on any atom is 2.00 e. The molecule has 9 heteroatoms. The van der Waals surface area contributed by atoms with Gasteiger partial charge in [0.15, 0.2) is 0 Å². The van der Waals surface area contributed by atoms with E-state index in [2.05, 4.69) is 13.8 Å². The van der Waals surface area contributed by atoms with Crippen molar-refractivity contribution in [3.8, 4) is 0 Å². The first-order valence-electron chi connectivity index (χ1n) is 15.4. The minimum atomic E-state index is -1.39. The third-order valence-corrected chi connectivity index (χ3v) is 6.20. The predicted molar refractivity (Wildman–Crippen MR) is 160 cm³/mol. The van der Waals surface area contributed by atoms with Crippen molar-refractivity contribution in [1.29, 1.82) is 0 Å². The van der Waals surface area contributed by atoms with Crippen LogP contribution in [0.1, 0.15) is 142 Å². The maximum atomic E-state index is 11.0. The van der Waals surface area contributed by atoms with Crippen molar-refractivity contribution in [2.24, 2.45) is 0 Å². The second kappa shape index (κ2) is 37.0. The van der Waals surface area contributed by atoms with Crippen LogP contribution < -0.4 is 10.2 Å². The number of carbonyl (C=O) groups excluding carboxylic acids is 4. The van der Waals surface area contributed by atoms with E-state index in [1.165, 1.54) is 103 Å². The molecule has 0 rings (SSSR count). The number of carboxylic acids is 2. The summed E-state index contributed by atoms with van der Waals surface area (Å²) < 4.78 is 9.70. The molecule has 0 N–H and O–H groups in total. The van der Waals surface area contributed by atoms with Gasteiger partial charge in [-0.1, -0.05) is 129 Å². The molecule has 0 aromatic rings. The van der Waals surface area contributed by atoms with Crippen LogP contribution in [0.2, 0.25) is 0 Å². The molecule has 0 saturated carbocycles. The van der Waals surface area contributed by atoms with Gasteiger partial charge in [0.2, 0.25) is 0 Å². The molecule has 0 bridgehead atoms. The van der Waals surface area contributed by atoms with E-state index in [1.807, 2.05) is 0 Å². The number of hydrogen-bond donors (Lipinski definition) is 0. The van der Waals surface area contributed by atoms with Gasteiger partial charge in [0.1, 0.15) is 0 Å². The van der Waals surface area contributed by atoms with Crippen molar-refractivity contribution >= 4 is 72.8 Å². The average Bonchev–Trinajstić information content (AvgIpc) is 2.92. The van der Waals surface area contributed by atoms with Crippen LogP contribution in [0, 0.1) is 0 Å². The molecule has 0 aliphatic rings. The van der Waals surface area contributed by atoms with Crippen LogP contribution in [0.25, 0.3) is 0 Å². The number of carbonyl (C=O) groups is 4. The summed E-state index contributed by atoms with van der Waals surface area (Å²) in [5, 5.41) is 20.1. The summed E-state index contributed by atoms with van der Waals surface area (Å²) in [5.74, 6) is -4.02. The van der Waals surface area contributed by atoms with Crippen LogP contribution in [0.5, 0.6) is 0 Å². The summed E-state index contributed by atoms with van der Waals surface area (Å²) in [7, 11) is 0. The second-order valence-corrected chi connectivity index (χ2v) is 10.0. The maximum absolute atomic E-state index is 11.0. The van der Waals surface area contributed by atoms with Gasteiger partial charge < -0.3 is 29.3 Å². The SMILES string of the molecule is CCCCCCCCCCCCOC(=O)/C=C\C(=O)[O-].CCCCCCCCCCCCOC(=O)/C=C\C(=O)[O-].[Ba+2]. The molecule has 0 radical (unpaired) electrons. The summed E-state index contributed by atoms with van der Waals surface area (Å²) in [6.45, 7) is 5.15. The summed E-state index contributed by atoms with van der Waals surface area (Å²) in [4.78, 5) is 42.1. The van der Waals surface area contributed by atoms with Gasteiger partial charge >= 0.3 is 60.8 Å². The third-order valence-electron chi connectivity index (χ3n) is 6.20. The first kappa shape index (κ1) is 44.4. The Kier molecular flexibility index (Phi) is 40.0. The van der Waals surface area contributed by atoms with E-state index in [-0.39, 0.29) is 48.9 Å². The molecule has 0 unspecified atom stereocenters. The molecule has 0 fully saturated rings. The fraction of sp³-hybridized carbons (Fsp3) is 0.750. The van der Waals surface area contributed by atoms with Gasteiger partial charge in [-0.2, -0.15) is 0 Å².